The van der Waals surface area contributed by atoms with E-state index in [-0.39, 0.29) is 12.5 Å². The van der Waals surface area contributed by atoms with Crippen LogP contribution < -0.4 is 16.1 Å². The number of nitrogens with zero attached hydrogens (tertiary/aromatic N) is 2. The molecule has 1 aliphatic heterocycles. The van der Waals surface area contributed by atoms with Crippen molar-refractivity contribution in [3.63, 3.8) is 0 Å². The van der Waals surface area contributed by atoms with Gasteiger partial charge in [0.25, 0.3) is 5.91 Å². The number of rotatable bonds is 5. The number of piperidine rings is 1. The van der Waals surface area contributed by atoms with Crippen molar-refractivity contribution in [2.24, 2.45) is 5.92 Å². The highest BCUT2D eigenvalue weighted by molar-refractivity contribution is 6.06. The standard InChI is InChI=1S/C17H21F3N6O2/c1-21-16(28)12-7-23-14-11(4-5-22-14)13(12)25-26-6-2-3-10(8-26)15(27)24-9-17(18,19)20/h4-5,7,10H,2-3,6,8-9H2,1H3,(H,21,28)(H,24,27)(H2,22,23,25)/t10-/m1/s1. The molecule has 0 aromatic carbocycles. The maximum absolute atomic E-state index is 12.3. The predicted octanol–water partition coefficient (Wildman–Crippen LogP) is 1.64. The number of pyridine rings is 1. The maximum atomic E-state index is 12.3. The van der Waals surface area contributed by atoms with Gasteiger partial charge in [-0.2, -0.15) is 13.2 Å². The first-order valence-electron chi connectivity index (χ1n) is 8.82. The summed E-state index contributed by atoms with van der Waals surface area (Å²) in [5.41, 5.74) is 4.61. The minimum absolute atomic E-state index is 0.227. The van der Waals surface area contributed by atoms with E-state index in [4.69, 9.17) is 0 Å². The number of aromatic nitrogens is 2. The zero-order valence-electron chi connectivity index (χ0n) is 15.2. The van der Waals surface area contributed by atoms with Crippen molar-refractivity contribution in [1.82, 2.24) is 25.6 Å². The molecular weight excluding hydrogens is 377 g/mol. The molecule has 3 rings (SSSR count). The Balaban J connectivity index is 1.75. The maximum Gasteiger partial charge on any atom is 0.405 e. The number of hydrogen-bond acceptors (Lipinski definition) is 5. The van der Waals surface area contributed by atoms with Crippen LogP contribution in [-0.4, -0.2) is 59.6 Å². The van der Waals surface area contributed by atoms with Crippen LogP contribution in [0.2, 0.25) is 0 Å². The monoisotopic (exact) mass is 398 g/mol. The van der Waals surface area contributed by atoms with Gasteiger partial charge in [-0.3, -0.25) is 9.59 Å². The molecule has 0 radical (unpaired) electrons. The lowest BCUT2D eigenvalue weighted by molar-refractivity contribution is -0.141. The summed E-state index contributed by atoms with van der Waals surface area (Å²) >= 11 is 0. The third kappa shape index (κ3) is 4.53. The third-order valence-electron chi connectivity index (χ3n) is 4.58. The molecule has 1 saturated heterocycles. The first-order chi connectivity index (χ1) is 13.3. The molecule has 2 aromatic heterocycles. The molecule has 11 heteroatoms. The lowest BCUT2D eigenvalue weighted by atomic mass is 9.98. The Hall–Kier alpha value is -2.82. The highest BCUT2D eigenvalue weighted by Crippen LogP contribution is 2.27. The van der Waals surface area contributed by atoms with Crippen LogP contribution >= 0.6 is 0 Å². The van der Waals surface area contributed by atoms with Gasteiger partial charge in [-0.1, -0.05) is 0 Å². The van der Waals surface area contributed by atoms with E-state index in [2.05, 4.69) is 20.7 Å². The molecule has 28 heavy (non-hydrogen) atoms. The number of aromatic amines is 1. The van der Waals surface area contributed by atoms with Crippen molar-refractivity contribution in [2.75, 3.05) is 32.1 Å². The topological polar surface area (TPSA) is 102 Å². The number of H-pyrrole nitrogens is 1. The van der Waals surface area contributed by atoms with Crippen molar-refractivity contribution in [3.05, 3.63) is 24.0 Å². The number of fused-ring (bicyclic) bond motifs is 1. The third-order valence-corrected chi connectivity index (χ3v) is 4.58. The van der Waals surface area contributed by atoms with Crippen molar-refractivity contribution < 1.29 is 22.8 Å². The number of carbonyl (C=O) groups is 2. The number of halogens is 3. The Bertz CT molecular complexity index is 866. The van der Waals surface area contributed by atoms with E-state index in [0.29, 0.717) is 41.7 Å². The zero-order chi connectivity index (χ0) is 20.3. The number of anilines is 1. The summed E-state index contributed by atoms with van der Waals surface area (Å²) < 4.78 is 37.0. The van der Waals surface area contributed by atoms with E-state index < -0.39 is 24.5 Å². The summed E-state index contributed by atoms with van der Waals surface area (Å²) in [6.07, 6.45) is -0.174. The number of amides is 2. The second-order valence-electron chi connectivity index (χ2n) is 6.60. The van der Waals surface area contributed by atoms with E-state index in [1.165, 1.54) is 13.2 Å². The zero-order valence-corrected chi connectivity index (χ0v) is 15.2. The number of hydrogen-bond donors (Lipinski definition) is 4. The quantitative estimate of drug-likeness (QED) is 0.613. The Kier molecular flexibility index (Phi) is 5.73. The molecule has 0 spiro atoms. The van der Waals surface area contributed by atoms with Gasteiger partial charge in [-0.25, -0.2) is 9.99 Å². The molecule has 8 nitrogen and oxygen atoms in total. The van der Waals surface area contributed by atoms with Crippen LogP contribution in [0.25, 0.3) is 11.0 Å². The van der Waals surface area contributed by atoms with Crippen LogP contribution in [0.5, 0.6) is 0 Å². The average molecular weight is 398 g/mol. The normalized spacial score (nSPS) is 18.1. The Morgan fingerprint density at radius 2 is 2.18 bits per heavy atom. The van der Waals surface area contributed by atoms with Crippen LogP contribution in [0.1, 0.15) is 23.2 Å². The summed E-state index contributed by atoms with van der Waals surface area (Å²) in [6, 6.07) is 1.77. The fourth-order valence-electron chi connectivity index (χ4n) is 3.22. The van der Waals surface area contributed by atoms with Crippen LogP contribution in [0, 0.1) is 5.92 Å². The Morgan fingerprint density at radius 3 is 2.89 bits per heavy atom. The van der Waals surface area contributed by atoms with Gasteiger partial charge < -0.3 is 21.0 Å². The van der Waals surface area contributed by atoms with E-state index in [1.807, 2.05) is 5.32 Å². The first-order valence-corrected chi connectivity index (χ1v) is 8.82. The summed E-state index contributed by atoms with van der Waals surface area (Å²) in [5.74, 6) is -1.53. The van der Waals surface area contributed by atoms with Gasteiger partial charge >= 0.3 is 6.18 Å². The largest absolute Gasteiger partial charge is 0.405 e. The van der Waals surface area contributed by atoms with E-state index in [1.54, 1.807) is 17.3 Å². The van der Waals surface area contributed by atoms with Crippen molar-refractivity contribution in [1.29, 1.82) is 0 Å². The summed E-state index contributed by atoms with van der Waals surface area (Å²) in [7, 11) is 1.51. The molecule has 1 fully saturated rings. The highest BCUT2D eigenvalue weighted by Gasteiger charge is 2.32. The second-order valence-corrected chi connectivity index (χ2v) is 6.60. The molecular formula is C17H21F3N6O2. The first kappa shape index (κ1) is 19.9. The van der Waals surface area contributed by atoms with E-state index in [0.717, 1.165) is 0 Å². The van der Waals surface area contributed by atoms with Crippen LogP contribution in [0.15, 0.2) is 18.5 Å². The molecule has 2 amide bonds. The molecule has 1 atom stereocenters. The summed E-state index contributed by atoms with van der Waals surface area (Å²) in [5, 5.41) is 6.94. The molecule has 1 aliphatic rings. The smallest absolute Gasteiger partial charge is 0.355 e. The number of alkyl halides is 3. The second kappa shape index (κ2) is 8.05. The number of hydrazine groups is 1. The molecule has 0 saturated carbocycles. The Labute approximate surface area is 158 Å². The molecule has 3 heterocycles. The highest BCUT2D eigenvalue weighted by atomic mass is 19.4. The minimum atomic E-state index is -4.44. The average Bonchev–Trinajstić information content (AvgIpc) is 3.14. The van der Waals surface area contributed by atoms with Gasteiger partial charge in [0.1, 0.15) is 12.2 Å². The van der Waals surface area contributed by atoms with E-state index >= 15 is 0 Å². The number of carbonyl (C=O) groups excluding carboxylic acids is 2. The molecule has 4 N–H and O–H groups in total. The van der Waals surface area contributed by atoms with Gasteiger partial charge in [0.05, 0.1) is 17.2 Å². The van der Waals surface area contributed by atoms with Gasteiger partial charge in [-0.15, -0.1) is 0 Å². The Morgan fingerprint density at radius 1 is 1.39 bits per heavy atom. The molecule has 2 aromatic rings. The lowest BCUT2D eigenvalue weighted by Gasteiger charge is -2.33. The molecule has 152 valence electrons. The van der Waals surface area contributed by atoms with E-state index in [9.17, 15) is 22.8 Å². The molecule has 0 bridgehead atoms. The fourth-order valence-corrected chi connectivity index (χ4v) is 3.22. The molecule has 0 unspecified atom stereocenters. The van der Waals surface area contributed by atoms with Crippen LogP contribution in [0.4, 0.5) is 18.9 Å². The number of nitrogens with one attached hydrogen (secondary N) is 4. The molecule has 0 aliphatic carbocycles. The van der Waals surface area contributed by atoms with Gasteiger partial charge in [0.2, 0.25) is 5.91 Å². The summed E-state index contributed by atoms with van der Waals surface area (Å²) in [4.78, 5) is 31.5. The summed E-state index contributed by atoms with van der Waals surface area (Å²) in [6.45, 7) is -0.527. The van der Waals surface area contributed by atoms with Crippen LogP contribution in [0.3, 0.4) is 0 Å². The van der Waals surface area contributed by atoms with Gasteiger partial charge in [0, 0.05) is 37.9 Å². The minimum Gasteiger partial charge on any atom is -0.355 e. The van der Waals surface area contributed by atoms with Gasteiger partial charge in [-0.05, 0) is 18.9 Å². The van der Waals surface area contributed by atoms with Crippen molar-refractivity contribution in [2.45, 2.75) is 19.0 Å². The lowest BCUT2D eigenvalue weighted by Crippen LogP contribution is -2.47. The SMILES string of the molecule is CNC(=O)c1cnc2[nH]ccc2c1NN1CCC[C@@H](C(=O)NCC(F)(F)F)C1. The van der Waals surface area contributed by atoms with Gasteiger partial charge in [0.15, 0.2) is 0 Å². The fraction of sp³-hybridized carbons (Fsp3) is 0.471. The van der Waals surface area contributed by atoms with Crippen molar-refractivity contribution >= 4 is 28.5 Å². The predicted molar refractivity (Wildman–Crippen MR) is 96.5 cm³/mol. The van der Waals surface area contributed by atoms with Crippen molar-refractivity contribution in [3.8, 4) is 0 Å². The van der Waals surface area contributed by atoms with Crippen LogP contribution in [-0.2, 0) is 4.79 Å².